The summed E-state index contributed by atoms with van der Waals surface area (Å²) in [4.78, 5) is 32.5. The summed E-state index contributed by atoms with van der Waals surface area (Å²) < 4.78 is 17.7. The topological polar surface area (TPSA) is 113 Å². The number of carboxylic acid groups (broad SMARTS) is 1. The fourth-order valence-corrected chi connectivity index (χ4v) is 4.35. The number of aliphatic carboxylic acids is 1. The highest BCUT2D eigenvalue weighted by Crippen LogP contribution is 2.38. The van der Waals surface area contributed by atoms with Gasteiger partial charge in [-0.15, -0.1) is 0 Å². The average molecular weight is 497 g/mol. The molecule has 1 aromatic carbocycles. The minimum Gasteiger partial charge on any atom is -0.484 e. The number of amides is 2. The number of hydrogen-bond donors (Lipinski definition) is 2. The molecule has 1 fully saturated rings. The molecular formula is C26H32N4O6. The SMILES string of the molecule is CNc1cccnc1C(C)Oc1ccccc1C1=COC(CCCC(=O)O)N1C(=O)N1CCOCC1. The van der Waals surface area contributed by atoms with E-state index < -0.39 is 12.2 Å². The molecule has 0 radical (unpaired) electrons. The number of carboxylic acids is 1. The van der Waals surface area contributed by atoms with Gasteiger partial charge in [-0.1, -0.05) is 12.1 Å². The third-order valence-electron chi connectivity index (χ3n) is 6.17. The van der Waals surface area contributed by atoms with Crippen molar-refractivity contribution in [1.29, 1.82) is 0 Å². The lowest BCUT2D eigenvalue weighted by Gasteiger charge is -2.34. The van der Waals surface area contributed by atoms with E-state index in [0.29, 0.717) is 56.2 Å². The number of carbonyl (C=O) groups is 2. The van der Waals surface area contributed by atoms with E-state index in [2.05, 4.69) is 10.3 Å². The van der Waals surface area contributed by atoms with E-state index >= 15 is 0 Å². The average Bonchev–Trinajstić information content (AvgIpc) is 3.32. The van der Waals surface area contributed by atoms with Crippen molar-refractivity contribution in [3.8, 4) is 5.75 Å². The van der Waals surface area contributed by atoms with Gasteiger partial charge in [0.15, 0.2) is 6.23 Å². The molecule has 1 saturated heterocycles. The van der Waals surface area contributed by atoms with Crippen molar-refractivity contribution in [2.24, 2.45) is 0 Å². The number of anilines is 1. The number of urea groups is 1. The molecule has 192 valence electrons. The van der Waals surface area contributed by atoms with Crippen LogP contribution in [0.15, 0.2) is 48.9 Å². The van der Waals surface area contributed by atoms with Crippen LogP contribution in [-0.2, 0) is 14.3 Å². The van der Waals surface area contributed by atoms with Crippen molar-refractivity contribution in [3.63, 3.8) is 0 Å². The molecule has 2 aromatic rings. The normalized spacial score (nSPS) is 18.3. The molecule has 2 amide bonds. The highest BCUT2D eigenvalue weighted by atomic mass is 16.5. The van der Waals surface area contributed by atoms with Crippen LogP contribution in [0.5, 0.6) is 5.75 Å². The van der Waals surface area contributed by atoms with Crippen LogP contribution in [0.3, 0.4) is 0 Å². The highest BCUT2D eigenvalue weighted by Gasteiger charge is 2.38. The number of carbonyl (C=O) groups excluding carboxylic acids is 1. The molecule has 2 aliphatic rings. The van der Waals surface area contributed by atoms with E-state index in [1.165, 1.54) is 0 Å². The minimum atomic E-state index is -0.879. The van der Waals surface area contributed by atoms with Crippen molar-refractivity contribution < 1.29 is 28.9 Å². The van der Waals surface area contributed by atoms with Crippen LogP contribution in [0, 0.1) is 0 Å². The zero-order valence-electron chi connectivity index (χ0n) is 20.6. The summed E-state index contributed by atoms with van der Waals surface area (Å²) in [6.45, 7) is 3.82. The van der Waals surface area contributed by atoms with Crippen molar-refractivity contribution >= 4 is 23.4 Å². The fraction of sp³-hybridized carbons (Fsp3) is 0.423. The number of rotatable bonds is 9. The number of nitrogens with one attached hydrogen (secondary N) is 1. The Labute approximate surface area is 210 Å². The Balaban J connectivity index is 1.61. The molecule has 3 heterocycles. The van der Waals surface area contributed by atoms with Gasteiger partial charge in [-0.3, -0.25) is 14.7 Å². The number of aromatic nitrogens is 1. The summed E-state index contributed by atoms with van der Waals surface area (Å²) in [7, 11) is 1.83. The fourth-order valence-electron chi connectivity index (χ4n) is 4.35. The second kappa shape index (κ2) is 11.8. The monoisotopic (exact) mass is 496 g/mol. The molecule has 4 rings (SSSR count). The van der Waals surface area contributed by atoms with Gasteiger partial charge in [-0.2, -0.15) is 0 Å². The molecule has 2 aliphatic heterocycles. The largest absolute Gasteiger partial charge is 0.484 e. The Hall–Kier alpha value is -3.79. The molecule has 10 nitrogen and oxygen atoms in total. The van der Waals surface area contributed by atoms with Crippen LogP contribution < -0.4 is 10.1 Å². The van der Waals surface area contributed by atoms with Crippen LogP contribution >= 0.6 is 0 Å². The van der Waals surface area contributed by atoms with Crippen molar-refractivity contribution in [2.75, 3.05) is 38.7 Å². The van der Waals surface area contributed by atoms with Crippen molar-refractivity contribution in [1.82, 2.24) is 14.8 Å². The van der Waals surface area contributed by atoms with E-state index in [1.807, 2.05) is 50.4 Å². The van der Waals surface area contributed by atoms with Gasteiger partial charge in [0.2, 0.25) is 0 Å². The quantitative estimate of drug-likeness (QED) is 0.537. The zero-order valence-corrected chi connectivity index (χ0v) is 20.6. The first kappa shape index (κ1) is 25.3. The molecule has 2 N–H and O–H groups in total. The van der Waals surface area contributed by atoms with Crippen LogP contribution in [0.2, 0.25) is 0 Å². The van der Waals surface area contributed by atoms with Gasteiger partial charge in [0.05, 0.1) is 24.6 Å². The second-order valence-corrected chi connectivity index (χ2v) is 8.57. The number of morpholine rings is 1. The van der Waals surface area contributed by atoms with Gasteiger partial charge in [0, 0.05) is 44.7 Å². The van der Waals surface area contributed by atoms with E-state index in [1.54, 1.807) is 22.3 Å². The summed E-state index contributed by atoms with van der Waals surface area (Å²) in [6, 6.07) is 11.1. The zero-order chi connectivity index (χ0) is 25.5. The molecular weight excluding hydrogens is 464 g/mol. The van der Waals surface area contributed by atoms with Crippen LogP contribution in [0.25, 0.3) is 5.70 Å². The maximum Gasteiger partial charge on any atom is 0.327 e. The molecule has 0 saturated carbocycles. The molecule has 0 bridgehead atoms. The van der Waals surface area contributed by atoms with Gasteiger partial charge >= 0.3 is 12.0 Å². The Morgan fingerprint density at radius 1 is 1.22 bits per heavy atom. The predicted molar refractivity (Wildman–Crippen MR) is 133 cm³/mol. The van der Waals surface area contributed by atoms with E-state index in [9.17, 15) is 9.59 Å². The number of ether oxygens (including phenoxy) is 3. The van der Waals surface area contributed by atoms with Crippen LogP contribution in [-0.4, -0.2) is 71.5 Å². The lowest BCUT2D eigenvalue weighted by molar-refractivity contribution is -0.137. The highest BCUT2D eigenvalue weighted by molar-refractivity contribution is 5.88. The Morgan fingerprint density at radius 2 is 2.00 bits per heavy atom. The standard InChI is InChI=1S/C26H32N4O6/c1-18(25-20(27-2)8-6-12-28-25)36-22-9-4-3-7-19(22)21-17-35-23(10-5-11-24(31)32)30(21)26(33)29-13-15-34-16-14-29/h3-4,6-9,12,17-18,23,27H,5,10-11,13-16H2,1-2H3,(H,31,32). The first-order valence-electron chi connectivity index (χ1n) is 12.1. The minimum absolute atomic E-state index is 0.00383. The molecule has 10 heteroatoms. The van der Waals surface area contributed by atoms with Crippen LogP contribution in [0.4, 0.5) is 10.5 Å². The molecule has 36 heavy (non-hydrogen) atoms. The second-order valence-electron chi connectivity index (χ2n) is 8.57. The van der Waals surface area contributed by atoms with E-state index in [-0.39, 0.29) is 18.6 Å². The van der Waals surface area contributed by atoms with Crippen molar-refractivity contribution in [2.45, 2.75) is 38.5 Å². The number of para-hydroxylation sites is 1. The number of hydrogen-bond acceptors (Lipinski definition) is 7. The maximum atomic E-state index is 13.6. The van der Waals surface area contributed by atoms with E-state index in [0.717, 1.165) is 11.4 Å². The Kier molecular flexibility index (Phi) is 8.27. The predicted octanol–water partition coefficient (Wildman–Crippen LogP) is 3.93. The van der Waals surface area contributed by atoms with Gasteiger partial charge in [0.25, 0.3) is 0 Å². The molecule has 2 atom stereocenters. The summed E-state index contributed by atoms with van der Waals surface area (Å²) in [6.07, 6.45) is 3.09. The summed E-state index contributed by atoms with van der Waals surface area (Å²) in [5.74, 6) is -0.297. The first-order chi connectivity index (χ1) is 17.5. The Morgan fingerprint density at radius 3 is 2.75 bits per heavy atom. The maximum absolute atomic E-state index is 13.6. The summed E-state index contributed by atoms with van der Waals surface area (Å²) in [5, 5.41) is 12.2. The molecule has 2 unspecified atom stereocenters. The van der Waals surface area contributed by atoms with Crippen LogP contribution in [0.1, 0.15) is 43.5 Å². The number of benzene rings is 1. The third kappa shape index (κ3) is 5.71. The smallest absolute Gasteiger partial charge is 0.327 e. The van der Waals surface area contributed by atoms with Crippen molar-refractivity contribution in [3.05, 3.63) is 60.1 Å². The summed E-state index contributed by atoms with van der Waals surface area (Å²) >= 11 is 0. The number of nitrogens with zero attached hydrogens (tertiary/aromatic N) is 3. The lowest BCUT2D eigenvalue weighted by Crippen LogP contribution is -2.49. The van der Waals surface area contributed by atoms with E-state index in [4.69, 9.17) is 19.3 Å². The van der Waals surface area contributed by atoms with Gasteiger partial charge in [0.1, 0.15) is 23.8 Å². The molecule has 0 spiro atoms. The Bertz CT molecular complexity index is 1100. The number of pyridine rings is 1. The third-order valence-corrected chi connectivity index (χ3v) is 6.17. The van der Waals surface area contributed by atoms with Gasteiger partial charge < -0.3 is 29.5 Å². The summed E-state index contributed by atoms with van der Waals surface area (Å²) in [5.41, 5.74) is 2.91. The van der Waals surface area contributed by atoms with Gasteiger partial charge in [-0.05, 0) is 37.6 Å². The van der Waals surface area contributed by atoms with Gasteiger partial charge in [-0.25, -0.2) is 4.79 Å². The first-order valence-corrected chi connectivity index (χ1v) is 12.1. The molecule has 0 aliphatic carbocycles. The lowest BCUT2D eigenvalue weighted by atomic mass is 10.1. The molecule has 1 aromatic heterocycles.